The molecule has 0 amide bonds. The molecule has 2 aromatic carbocycles. The minimum Gasteiger partial charge on any atom is -0.321 e. The number of H-pyrrole nitrogens is 1. The van der Waals surface area contributed by atoms with Gasteiger partial charge in [-0.15, -0.1) is 0 Å². The molecule has 0 fully saturated rings. The molecule has 7 nitrogen and oxygen atoms in total. The molecule has 160 valence electrons. The predicted octanol–water partition coefficient (Wildman–Crippen LogP) is 4.27. The summed E-state index contributed by atoms with van der Waals surface area (Å²) in [5.41, 5.74) is -0.202. The molecule has 0 aliphatic rings. The molecule has 0 saturated carbocycles. The van der Waals surface area contributed by atoms with E-state index in [9.17, 15) is 18.0 Å². The van der Waals surface area contributed by atoms with Crippen molar-refractivity contribution in [1.82, 2.24) is 9.97 Å². The molecule has 0 bridgehead atoms. The molecule has 0 spiro atoms. The molecule has 4 aromatic rings. The van der Waals surface area contributed by atoms with E-state index >= 15 is 0 Å². The van der Waals surface area contributed by atoms with Crippen LogP contribution in [0.4, 0.5) is 5.69 Å². The van der Waals surface area contributed by atoms with E-state index in [1.165, 1.54) is 48.8 Å². The van der Waals surface area contributed by atoms with Gasteiger partial charge in [0.2, 0.25) is 0 Å². The number of carbonyl (C=O) groups is 1. The van der Waals surface area contributed by atoms with Gasteiger partial charge in [0, 0.05) is 22.1 Å². The van der Waals surface area contributed by atoms with Crippen LogP contribution < -0.4 is 10.3 Å². The maximum absolute atomic E-state index is 13.4. The van der Waals surface area contributed by atoms with Crippen LogP contribution in [0.1, 0.15) is 15.9 Å². The Bertz CT molecular complexity index is 1500. The Morgan fingerprint density at radius 3 is 2.56 bits per heavy atom. The zero-order chi connectivity index (χ0) is 22.7. The van der Waals surface area contributed by atoms with Crippen molar-refractivity contribution in [2.24, 2.45) is 0 Å². The number of aromatic amines is 1. The predicted molar refractivity (Wildman–Crippen MR) is 124 cm³/mol. The molecular formula is C23H16ClN3O4S. The summed E-state index contributed by atoms with van der Waals surface area (Å²) >= 11 is 6.10. The maximum Gasteiger partial charge on any atom is 0.263 e. The number of nitrogens with zero attached hydrogens (tertiary/aromatic N) is 1. The summed E-state index contributed by atoms with van der Waals surface area (Å²) in [4.78, 5) is 31.9. The summed E-state index contributed by atoms with van der Waals surface area (Å²) < 4.78 is 29.1. The third-order valence-corrected chi connectivity index (χ3v) is 6.29. The second-order valence-electron chi connectivity index (χ2n) is 6.80. The van der Waals surface area contributed by atoms with Crippen LogP contribution in [0.15, 0.2) is 88.8 Å². The van der Waals surface area contributed by atoms with Gasteiger partial charge in [-0.25, -0.2) is 8.42 Å². The maximum atomic E-state index is 13.4. The smallest absolute Gasteiger partial charge is 0.263 e. The van der Waals surface area contributed by atoms with Crippen LogP contribution in [-0.2, 0) is 10.0 Å². The molecular weight excluding hydrogens is 450 g/mol. The van der Waals surface area contributed by atoms with Crippen LogP contribution in [0.25, 0.3) is 17.0 Å². The van der Waals surface area contributed by atoms with Crippen LogP contribution >= 0.6 is 11.6 Å². The third kappa shape index (κ3) is 4.46. The van der Waals surface area contributed by atoms with Gasteiger partial charge >= 0.3 is 0 Å². The molecule has 2 N–H and O–H groups in total. The van der Waals surface area contributed by atoms with Crippen LogP contribution in [0.3, 0.4) is 0 Å². The van der Waals surface area contributed by atoms with Crippen LogP contribution in [0.5, 0.6) is 0 Å². The first-order valence-electron chi connectivity index (χ1n) is 9.41. The SMILES string of the molecule is O=C(/C=C/c1ccccc1)c1c(S(=O)(=O)Nc2cccnc2)c2cc(Cl)ccc2[nH]c1=O. The van der Waals surface area contributed by atoms with E-state index in [1.54, 1.807) is 30.3 Å². The Kier molecular flexibility index (Phi) is 5.89. The van der Waals surface area contributed by atoms with Gasteiger partial charge in [0.15, 0.2) is 5.78 Å². The van der Waals surface area contributed by atoms with E-state index < -0.39 is 31.8 Å². The molecule has 32 heavy (non-hydrogen) atoms. The summed E-state index contributed by atoms with van der Waals surface area (Å²) in [5.74, 6) is -0.761. The fourth-order valence-electron chi connectivity index (χ4n) is 3.19. The molecule has 0 aliphatic carbocycles. The third-order valence-electron chi connectivity index (χ3n) is 4.58. The highest BCUT2D eigenvalue weighted by molar-refractivity contribution is 7.93. The number of aromatic nitrogens is 2. The van der Waals surface area contributed by atoms with Crippen LogP contribution in [0.2, 0.25) is 5.02 Å². The monoisotopic (exact) mass is 465 g/mol. The molecule has 9 heteroatoms. The number of halogens is 1. The van der Waals surface area contributed by atoms with Crippen LogP contribution in [-0.4, -0.2) is 24.2 Å². The lowest BCUT2D eigenvalue weighted by molar-refractivity contribution is 0.104. The number of nitrogens with one attached hydrogen (secondary N) is 2. The summed E-state index contributed by atoms with van der Waals surface area (Å²) in [6.45, 7) is 0. The lowest BCUT2D eigenvalue weighted by atomic mass is 10.1. The topological polar surface area (TPSA) is 109 Å². The summed E-state index contributed by atoms with van der Waals surface area (Å²) in [6, 6.07) is 16.4. The van der Waals surface area contributed by atoms with E-state index in [0.717, 1.165) is 5.56 Å². The van der Waals surface area contributed by atoms with Crippen molar-refractivity contribution in [2.45, 2.75) is 4.90 Å². The number of pyridine rings is 2. The lowest BCUT2D eigenvalue weighted by Gasteiger charge is -2.13. The van der Waals surface area contributed by atoms with E-state index in [2.05, 4.69) is 14.7 Å². The molecule has 4 rings (SSSR count). The van der Waals surface area contributed by atoms with Gasteiger partial charge in [0.05, 0.1) is 11.9 Å². The highest BCUT2D eigenvalue weighted by Crippen LogP contribution is 2.28. The Labute approximate surface area is 188 Å². The van der Waals surface area contributed by atoms with Crippen molar-refractivity contribution in [3.05, 3.63) is 106 Å². The van der Waals surface area contributed by atoms with Gasteiger partial charge in [-0.2, -0.15) is 0 Å². The first-order chi connectivity index (χ1) is 15.3. The van der Waals surface area contributed by atoms with E-state index in [4.69, 9.17) is 11.6 Å². The number of hydrogen-bond acceptors (Lipinski definition) is 5. The Hall–Kier alpha value is -3.75. The number of rotatable bonds is 6. The zero-order valence-electron chi connectivity index (χ0n) is 16.4. The highest BCUT2D eigenvalue weighted by Gasteiger charge is 2.28. The van der Waals surface area contributed by atoms with Gasteiger partial charge < -0.3 is 4.98 Å². The minimum absolute atomic E-state index is 0.116. The van der Waals surface area contributed by atoms with E-state index in [1.807, 2.05) is 6.07 Å². The molecule has 0 saturated heterocycles. The molecule has 2 aromatic heterocycles. The van der Waals surface area contributed by atoms with Crippen molar-refractivity contribution in [1.29, 1.82) is 0 Å². The second-order valence-corrected chi connectivity index (χ2v) is 8.86. The quantitative estimate of drug-likeness (QED) is 0.326. The average Bonchev–Trinajstić information content (AvgIpc) is 2.78. The molecule has 0 unspecified atom stereocenters. The molecule has 0 aliphatic heterocycles. The van der Waals surface area contributed by atoms with Gasteiger partial charge in [-0.1, -0.05) is 48.0 Å². The normalized spacial score (nSPS) is 11.7. The number of carbonyl (C=O) groups excluding carboxylic acids is 1. The Morgan fingerprint density at radius 1 is 1.06 bits per heavy atom. The zero-order valence-corrected chi connectivity index (χ0v) is 18.0. The Morgan fingerprint density at radius 2 is 1.84 bits per heavy atom. The average molecular weight is 466 g/mol. The first kappa shape index (κ1) is 21.5. The van der Waals surface area contributed by atoms with Gasteiger partial charge in [0.25, 0.3) is 15.6 Å². The minimum atomic E-state index is -4.36. The molecule has 0 radical (unpaired) electrons. The van der Waals surface area contributed by atoms with Gasteiger partial charge in [0.1, 0.15) is 10.5 Å². The van der Waals surface area contributed by atoms with Crippen molar-refractivity contribution in [2.75, 3.05) is 4.72 Å². The number of anilines is 1. The van der Waals surface area contributed by atoms with Crippen molar-refractivity contribution < 1.29 is 13.2 Å². The fraction of sp³-hybridized carbons (Fsp3) is 0. The van der Waals surface area contributed by atoms with Crippen molar-refractivity contribution >= 4 is 50.1 Å². The Balaban J connectivity index is 1.92. The molecule has 2 heterocycles. The fourth-order valence-corrected chi connectivity index (χ4v) is 4.81. The number of sulfonamides is 1. The van der Waals surface area contributed by atoms with E-state index in [-0.39, 0.29) is 21.6 Å². The number of hydrogen-bond donors (Lipinski definition) is 2. The highest BCUT2D eigenvalue weighted by atomic mass is 35.5. The first-order valence-corrected chi connectivity index (χ1v) is 11.3. The molecule has 0 atom stereocenters. The summed E-state index contributed by atoms with van der Waals surface area (Å²) in [6.07, 6.45) is 5.48. The number of allylic oxidation sites excluding steroid dienone is 1. The number of fused-ring (bicyclic) bond motifs is 1. The van der Waals surface area contributed by atoms with Crippen molar-refractivity contribution in [3.63, 3.8) is 0 Å². The van der Waals surface area contributed by atoms with Gasteiger partial charge in [-0.05, 0) is 42.0 Å². The van der Waals surface area contributed by atoms with Crippen LogP contribution in [0, 0.1) is 0 Å². The lowest BCUT2D eigenvalue weighted by Crippen LogP contribution is -2.25. The largest absolute Gasteiger partial charge is 0.321 e. The van der Waals surface area contributed by atoms with Gasteiger partial charge in [-0.3, -0.25) is 19.3 Å². The number of benzene rings is 2. The number of ketones is 1. The standard InChI is InChI=1S/C23H16ClN3O4S/c24-16-9-10-19-18(13-16)22(32(30,31)27-17-7-4-12-25-14-17)21(23(29)26-19)20(28)11-8-15-5-2-1-3-6-15/h1-14,27H,(H,26,29)/b11-8+. The summed E-state index contributed by atoms with van der Waals surface area (Å²) in [5, 5.41) is 0.366. The van der Waals surface area contributed by atoms with E-state index in [0.29, 0.717) is 0 Å². The summed E-state index contributed by atoms with van der Waals surface area (Å²) in [7, 11) is -4.36. The van der Waals surface area contributed by atoms with Crippen molar-refractivity contribution in [3.8, 4) is 0 Å². The second kappa shape index (κ2) is 8.78.